The summed E-state index contributed by atoms with van der Waals surface area (Å²) in [6, 6.07) is 13.9. The first kappa shape index (κ1) is 22.4. The molecule has 0 spiro atoms. The Morgan fingerprint density at radius 3 is 2.52 bits per heavy atom. The molecule has 0 saturated heterocycles. The van der Waals surface area contributed by atoms with Crippen molar-refractivity contribution in [2.24, 2.45) is 4.99 Å². The van der Waals surface area contributed by atoms with E-state index < -0.39 is 6.09 Å². The standard InChI is InChI=1S/C21H25N3O4S/c1-27-12-6-7-13-29-20(24-21(26)28-2)23-18-14-16(10-11-17(18)22)19(25)15-8-4-3-5-9-15/h3-5,8-11,14H,6-7,12-13,22H2,1-2H3,(H,23,24,26). The number of ether oxygens (including phenoxy) is 2. The average molecular weight is 416 g/mol. The lowest BCUT2D eigenvalue weighted by Crippen LogP contribution is -2.28. The van der Waals surface area contributed by atoms with Gasteiger partial charge in [0.2, 0.25) is 0 Å². The van der Waals surface area contributed by atoms with Gasteiger partial charge in [0.25, 0.3) is 0 Å². The van der Waals surface area contributed by atoms with Crippen LogP contribution in [0.25, 0.3) is 0 Å². The predicted molar refractivity (Wildman–Crippen MR) is 117 cm³/mol. The van der Waals surface area contributed by atoms with Crippen molar-refractivity contribution < 1.29 is 19.1 Å². The number of nitrogens with two attached hydrogens (primary N) is 1. The number of carbonyl (C=O) groups is 2. The van der Waals surface area contributed by atoms with Crippen LogP contribution in [0.2, 0.25) is 0 Å². The van der Waals surface area contributed by atoms with Gasteiger partial charge in [-0.1, -0.05) is 42.1 Å². The van der Waals surface area contributed by atoms with Crippen LogP contribution >= 0.6 is 11.8 Å². The lowest BCUT2D eigenvalue weighted by atomic mass is 10.0. The van der Waals surface area contributed by atoms with Crippen LogP contribution in [-0.2, 0) is 9.47 Å². The second kappa shape index (κ2) is 11.9. The molecule has 2 aromatic rings. The molecule has 0 bridgehead atoms. The number of carbonyl (C=O) groups excluding carboxylic acids is 2. The number of amidine groups is 1. The maximum absolute atomic E-state index is 12.7. The molecule has 0 aliphatic heterocycles. The molecular formula is C21H25N3O4S. The highest BCUT2D eigenvalue weighted by Crippen LogP contribution is 2.26. The monoisotopic (exact) mass is 415 g/mol. The Bertz CT molecular complexity index is 856. The smallest absolute Gasteiger partial charge is 0.412 e. The van der Waals surface area contributed by atoms with Gasteiger partial charge < -0.3 is 15.2 Å². The molecule has 2 aromatic carbocycles. The van der Waals surface area contributed by atoms with E-state index in [0.29, 0.717) is 34.3 Å². The highest BCUT2D eigenvalue weighted by molar-refractivity contribution is 8.13. The third-order valence-electron chi connectivity index (χ3n) is 3.93. The molecule has 0 radical (unpaired) electrons. The third kappa shape index (κ3) is 7.24. The number of alkyl carbamates (subject to hydrolysis) is 1. The van der Waals surface area contributed by atoms with Gasteiger partial charge >= 0.3 is 6.09 Å². The second-order valence-electron chi connectivity index (χ2n) is 6.05. The van der Waals surface area contributed by atoms with E-state index >= 15 is 0 Å². The topological polar surface area (TPSA) is 103 Å². The van der Waals surface area contributed by atoms with Gasteiger partial charge in [-0.15, -0.1) is 0 Å². The van der Waals surface area contributed by atoms with Crippen molar-refractivity contribution in [3.63, 3.8) is 0 Å². The van der Waals surface area contributed by atoms with E-state index in [2.05, 4.69) is 15.0 Å². The number of amides is 1. The Balaban J connectivity index is 2.23. The minimum Gasteiger partial charge on any atom is -0.453 e. The van der Waals surface area contributed by atoms with Crippen LogP contribution in [0.3, 0.4) is 0 Å². The van der Waals surface area contributed by atoms with Gasteiger partial charge in [-0.2, -0.15) is 0 Å². The number of unbranched alkanes of at least 4 members (excludes halogenated alkanes) is 1. The van der Waals surface area contributed by atoms with Crippen molar-refractivity contribution in [2.45, 2.75) is 12.8 Å². The van der Waals surface area contributed by atoms with Gasteiger partial charge in [-0.3, -0.25) is 10.1 Å². The number of hydrogen-bond acceptors (Lipinski definition) is 7. The van der Waals surface area contributed by atoms with Crippen LogP contribution in [0.15, 0.2) is 53.5 Å². The molecular weight excluding hydrogens is 390 g/mol. The number of benzene rings is 2. The minimum absolute atomic E-state index is 0.128. The molecule has 7 nitrogen and oxygen atoms in total. The largest absolute Gasteiger partial charge is 0.453 e. The molecule has 0 heterocycles. The van der Waals surface area contributed by atoms with Crippen molar-refractivity contribution in [1.29, 1.82) is 0 Å². The normalized spacial score (nSPS) is 11.2. The van der Waals surface area contributed by atoms with E-state index in [-0.39, 0.29) is 5.78 Å². The van der Waals surface area contributed by atoms with Crippen molar-refractivity contribution >= 4 is 40.2 Å². The highest BCUT2D eigenvalue weighted by Gasteiger charge is 2.13. The van der Waals surface area contributed by atoms with Gasteiger partial charge in [0.15, 0.2) is 11.0 Å². The average Bonchev–Trinajstić information content (AvgIpc) is 2.75. The van der Waals surface area contributed by atoms with Crippen molar-refractivity contribution in [2.75, 3.05) is 32.3 Å². The van der Waals surface area contributed by atoms with E-state index in [1.54, 1.807) is 37.4 Å². The van der Waals surface area contributed by atoms with E-state index in [9.17, 15) is 9.59 Å². The lowest BCUT2D eigenvalue weighted by molar-refractivity contribution is 0.103. The SMILES string of the molecule is COCCCCSC(=Nc1cc(C(=O)c2ccccc2)ccc1N)NC(=O)OC. The molecule has 0 aromatic heterocycles. The van der Waals surface area contributed by atoms with E-state index in [1.165, 1.54) is 18.9 Å². The molecule has 1 amide bonds. The number of rotatable bonds is 8. The molecule has 2 rings (SSSR count). The fourth-order valence-corrected chi connectivity index (χ4v) is 3.26. The van der Waals surface area contributed by atoms with E-state index in [0.717, 1.165) is 18.6 Å². The molecule has 0 unspecified atom stereocenters. The molecule has 3 N–H and O–H groups in total. The molecule has 154 valence electrons. The first-order valence-electron chi connectivity index (χ1n) is 9.09. The number of aliphatic imine (C=N–C) groups is 1. The summed E-state index contributed by atoms with van der Waals surface area (Å²) in [7, 11) is 2.94. The fraction of sp³-hybridized carbons (Fsp3) is 0.286. The molecule has 0 atom stereocenters. The van der Waals surface area contributed by atoms with Crippen LogP contribution in [-0.4, -0.2) is 43.6 Å². The number of nitrogens with one attached hydrogen (secondary N) is 1. The molecule has 0 saturated carbocycles. The quantitative estimate of drug-likeness (QED) is 0.222. The highest BCUT2D eigenvalue weighted by atomic mass is 32.2. The summed E-state index contributed by atoms with van der Waals surface area (Å²) < 4.78 is 9.70. The van der Waals surface area contributed by atoms with Gasteiger partial charge in [-0.05, 0) is 31.0 Å². The van der Waals surface area contributed by atoms with Gasteiger partial charge in [0.1, 0.15) is 0 Å². The van der Waals surface area contributed by atoms with Crippen LogP contribution in [0.5, 0.6) is 0 Å². The number of thioether (sulfide) groups is 1. The Morgan fingerprint density at radius 2 is 1.83 bits per heavy atom. The van der Waals surface area contributed by atoms with Crippen LogP contribution in [0.1, 0.15) is 28.8 Å². The Kier molecular flexibility index (Phi) is 9.20. The number of ketones is 1. The summed E-state index contributed by atoms with van der Waals surface area (Å²) in [5.41, 5.74) is 7.89. The number of nitrogens with zero attached hydrogens (tertiary/aromatic N) is 1. The van der Waals surface area contributed by atoms with Crippen LogP contribution in [0.4, 0.5) is 16.2 Å². The molecule has 8 heteroatoms. The zero-order valence-corrected chi connectivity index (χ0v) is 17.3. The van der Waals surface area contributed by atoms with E-state index in [1.807, 2.05) is 18.2 Å². The molecule has 29 heavy (non-hydrogen) atoms. The summed E-state index contributed by atoms with van der Waals surface area (Å²) >= 11 is 1.37. The number of anilines is 1. The summed E-state index contributed by atoms with van der Waals surface area (Å²) in [5, 5.41) is 2.95. The van der Waals surface area contributed by atoms with Crippen LogP contribution in [0, 0.1) is 0 Å². The lowest BCUT2D eigenvalue weighted by Gasteiger charge is -2.10. The predicted octanol–water partition coefficient (Wildman–Crippen LogP) is 4.00. The zero-order chi connectivity index (χ0) is 21.1. The number of hydrogen-bond donors (Lipinski definition) is 2. The molecule has 0 aliphatic carbocycles. The first-order chi connectivity index (χ1) is 14.0. The van der Waals surface area contributed by atoms with Crippen molar-refractivity contribution in [3.05, 3.63) is 59.7 Å². The first-order valence-corrected chi connectivity index (χ1v) is 10.1. The van der Waals surface area contributed by atoms with Gasteiger partial charge in [0.05, 0.1) is 18.5 Å². The van der Waals surface area contributed by atoms with Gasteiger partial charge in [-0.25, -0.2) is 9.79 Å². The Hall–Kier alpha value is -2.84. The molecule has 0 aliphatic rings. The summed E-state index contributed by atoms with van der Waals surface area (Å²) in [6.07, 6.45) is 1.17. The van der Waals surface area contributed by atoms with E-state index in [4.69, 9.17) is 10.5 Å². The second-order valence-corrected chi connectivity index (χ2v) is 7.13. The Morgan fingerprint density at radius 1 is 1.07 bits per heavy atom. The van der Waals surface area contributed by atoms with Crippen LogP contribution < -0.4 is 11.1 Å². The number of nitrogen functional groups attached to an aromatic ring is 1. The maximum atomic E-state index is 12.7. The minimum atomic E-state index is -0.622. The third-order valence-corrected chi connectivity index (χ3v) is 4.89. The van der Waals surface area contributed by atoms with Crippen molar-refractivity contribution in [3.8, 4) is 0 Å². The fourth-order valence-electron chi connectivity index (χ4n) is 2.40. The maximum Gasteiger partial charge on any atom is 0.412 e. The number of methoxy groups -OCH3 is 2. The summed E-state index contributed by atoms with van der Waals surface area (Å²) in [4.78, 5) is 28.8. The zero-order valence-electron chi connectivity index (χ0n) is 16.5. The summed E-state index contributed by atoms with van der Waals surface area (Å²) in [5.74, 6) is 0.603. The summed E-state index contributed by atoms with van der Waals surface area (Å²) in [6.45, 7) is 0.675. The van der Waals surface area contributed by atoms with Gasteiger partial charge in [0, 0.05) is 30.6 Å². The molecule has 0 fully saturated rings. The Labute approximate surface area is 174 Å². The van der Waals surface area contributed by atoms with Crippen molar-refractivity contribution in [1.82, 2.24) is 5.32 Å².